The predicted molar refractivity (Wildman–Crippen MR) is 90.2 cm³/mol. The van der Waals surface area contributed by atoms with Gasteiger partial charge in [0.05, 0.1) is 12.3 Å². The summed E-state index contributed by atoms with van der Waals surface area (Å²) in [5.74, 6) is -0.391. The van der Waals surface area contributed by atoms with Crippen LogP contribution in [0.1, 0.15) is 27.9 Å². The molecule has 8 heteroatoms. The highest BCUT2D eigenvalue weighted by Gasteiger charge is 2.32. The summed E-state index contributed by atoms with van der Waals surface area (Å²) in [7, 11) is 0. The number of amides is 2. The van der Waals surface area contributed by atoms with Crippen LogP contribution < -0.4 is 4.90 Å². The maximum absolute atomic E-state index is 12.6. The number of carbonyl (C=O) groups is 2. The molecule has 0 atom stereocenters. The smallest absolute Gasteiger partial charge is 0.350 e. The van der Waals surface area contributed by atoms with E-state index >= 15 is 0 Å². The standard InChI is InChI=1S/C16H18N4O3S/c1-3-23-14(21)13-11(2)18-15(24-13)20-8-7-19(16(20)22)10-12-5-4-6-17-9-12/h4-6,9H,3,7-8,10H2,1-2H3. The zero-order valence-electron chi connectivity index (χ0n) is 13.6. The third-order valence-electron chi connectivity index (χ3n) is 3.67. The molecule has 1 fully saturated rings. The van der Waals surface area contributed by atoms with Crippen LogP contribution in [0.2, 0.25) is 0 Å². The molecule has 2 aromatic rings. The second-order valence-corrected chi connectivity index (χ2v) is 6.33. The zero-order chi connectivity index (χ0) is 17.1. The van der Waals surface area contributed by atoms with Gasteiger partial charge < -0.3 is 9.64 Å². The van der Waals surface area contributed by atoms with Crippen molar-refractivity contribution in [3.63, 3.8) is 0 Å². The van der Waals surface area contributed by atoms with Crippen LogP contribution in [0, 0.1) is 6.92 Å². The fourth-order valence-corrected chi connectivity index (χ4v) is 3.48. The number of carbonyl (C=O) groups excluding carboxylic acids is 2. The number of aromatic nitrogens is 2. The highest BCUT2D eigenvalue weighted by atomic mass is 32.1. The molecule has 2 amide bonds. The number of thiazole rings is 1. The first-order valence-corrected chi connectivity index (χ1v) is 8.51. The van der Waals surface area contributed by atoms with Gasteiger partial charge in [-0.3, -0.25) is 9.88 Å². The lowest BCUT2D eigenvalue weighted by atomic mass is 10.3. The lowest BCUT2D eigenvalue weighted by Crippen LogP contribution is -2.31. The lowest BCUT2D eigenvalue weighted by Gasteiger charge is -2.16. The Kier molecular flexibility index (Phi) is 4.75. The number of aryl methyl sites for hydroxylation is 1. The molecule has 1 saturated heterocycles. The molecule has 0 aliphatic carbocycles. The van der Waals surface area contributed by atoms with Crippen molar-refractivity contribution in [3.05, 3.63) is 40.7 Å². The van der Waals surface area contributed by atoms with E-state index in [4.69, 9.17) is 4.74 Å². The Hall–Kier alpha value is -2.48. The Morgan fingerprint density at radius 2 is 2.25 bits per heavy atom. The highest BCUT2D eigenvalue weighted by molar-refractivity contribution is 7.17. The van der Waals surface area contributed by atoms with Gasteiger partial charge >= 0.3 is 12.0 Å². The van der Waals surface area contributed by atoms with E-state index in [2.05, 4.69) is 9.97 Å². The average molecular weight is 346 g/mol. The van der Waals surface area contributed by atoms with E-state index < -0.39 is 5.97 Å². The molecule has 1 aliphatic rings. The van der Waals surface area contributed by atoms with Gasteiger partial charge in [-0.25, -0.2) is 14.6 Å². The van der Waals surface area contributed by atoms with Crippen molar-refractivity contribution in [2.24, 2.45) is 0 Å². The number of pyridine rings is 1. The Morgan fingerprint density at radius 1 is 1.42 bits per heavy atom. The minimum Gasteiger partial charge on any atom is -0.462 e. The van der Waals surface area contributed by atoms with E-state index in [1.165, 1.54) is 11.3 Å². The van der Waals surface area contributed by atoms with Crippen LogP contribution in [0.25, 0.3) is 0 Å². The minimum atomic E-state index is -0.391. The number of urea groups is 1. The van der Waals surface area contributed by atoms with Gasteiger partial charge in [0.15, 0.2) is 5.13 Å². The predicted octanol–water partition coefficient (Wildman–Crippen LogP) is 2.47. The summed E-state index contributed by atoms with van der Waals surface area (Å²) in [6.45, 7) is 5.50. The van der Waals surface area contributed by atoms with Gasteiger partial charge in [-0.05, 0) is 25.5 Å². The maximum Gasteiger partial charge on any atom is 0.350 e. The molecular formula is C16H18N4O3S. The van der Waals surface area contributed by atoms with Crippen molar-refractivity contribution >= 4 is 28.5 Å². The summed E-state index contributed by atoms with van der Waals surface area (Å²) in [6, 6.07) is 3.68. The van der Waals surface area contributed by atoms with Crippen molar-refractivity contribution in [2.75, 3.05) is 24.6 Å². The normalized spacial score (nSPS) is 14.3. The average Bonchev–Trinajstić information content (AvgIpc) is 3.12. The number of esters is 1. The maximum atomic E-state index is 12.6. The number of nitrogens with zero attached hydrogens (tertiary/aromatic N) is 4. The first-order chi connectivity index (χ1) is 11.6. The lowest BCUT2D eigenvalue weighted by molar-refractivity contribution is 0.0531. The minimum absolute atomic E-state index is 0.108. The van der Waals surface area contributed by atoms with E-state index in [1.807, 2.05) is 12.1 Å². The molecule has 0 aromatic carbocycles. The second-order valence-electron chi connectivity index (χ2n) is 5.35. The van der Waals surface area contributed by atoms with Gasteiger partial charge in [0.25, 0.3) is 0 Å². The molecule has 7 nitrogen and oxygen atoms in total. The second kappa shape index (κ2) is 6.96. The molecule has 3 rings (SSSR count). The summed E-state index contributed by atoms with van der Waals surface area (Å²) in [6.07, 6.45) is 3.46. The molecule has 0 bridgehead atoms. The van der Waals surface area contributed by atoms with Gasteiger partial charge in [-0.1, -0.05) is 17.4 Å². The van der Waals surface area contributed by atoms with Gasteiger partial charge in [-0.2, -0.15) is 0 Å². The Morgan fingerprint density at radius 3 is 2.96 bits per heavy atom. The summed E-state index contributed by atoms with van der Waals surface area (Å²) < 4.78 is 5.02. The van der Waals surface area contributed by atoms with Crippen LogP contribution >= 0.6 is 11.3 Å². The molecule has 0 spiro atoms. The first-order valence-electron chi connectivity index (χ1n) is 7.70. The van der Waals surface area contributed by atoms with Crippen LogP contribution in [0.15, 0.2) is 24.5 Å². The molecule has 0 radical (unpaired) electrons. The van der Waals surface area contributed by atoms with Crippen molar-refractivity contribution in [2.45, 2.75) is 20.4 Å². The molecule has 0 N–H and O–H groups in total. The Balaban J connectivity index is 1.73. The van der Waals surface area contributed by atoms with Gasteiger partial charge in [0, 0.05) is 32.0 Å². The van der Waals surface area contributed by atoms with Crippen LogP contribution in [-0.2, 0) is 11.3 Å². The van der Waals surface area contributed by atoms with E-state index in [1.54, 1.807) is 36.0 Å². The molecular weight excluding hydrogens is 328 g/mol. The number of hydrogen-bond acceptors (Lipinski definition) is 6. The van der Waals surface area contributed by atoms with E-state index in [0.717, 1.165) is 5.56 Å². The van der Waals surface area contributed by atoms with E-state index in [0.29, 0.717) is 41.9 Å². The SMILES string of the molecule is CCOC(=O)c1sc(N2CCN(Cc3cccnc3)C2=O)nc1C. The number of anilines is 1. The Labute approximate surface area is 143 Å². The summed E-state index contributed by atoms with van der Waals surface area (Å²) in [4.78, 5) is 36.8. The monoisotopic (exact) mass is 346 g/mol. The van der Waals surface area contributed by atoms with Gasteiger partial charge in [0.1, 0.15) is 4.88 Å². The van der Waals surface area contributed by atoms with Crippen LogP contribution in [0.3, 0.4) is 0 Å². The molecule has 1 aliphatic heterocycles. The number of hydrogen-bond donors (Lipinski definition) is 0. The summed E-state index contributed by atoms with van der Waals surface area (Å²) >= 11 is 1.20. The summed E-state index contributed by atoms with van der Waals surface area (Å²) in [5, 5.41) is 0.536. The molecule has 24 heavy (non-hydrogen) atoms. The highest BCUT2D eigenvalue weighted by Crippen LogP contribution is 2.29. The molecule has 0 saturated carbocycles. The van der Waals surface area contributed by atoms with Crippen LogP contribution in [0.4, 0.5) is 9.93 Å². The Bertz CT molecular complexity index is 747. The third kappa shape index (κ3) is 3.23. The van der Waals surface area contributed by atoms with Crippen LogP contribution in [-0.4, -0.2) is 46.6 Å². The molecule has 126 valence electrons. The third-order valence-corrected chi connectivity index (χ3v) is 4.83. The molecule has 3 heterocycles. The van der Waals surface area contributed by atoms with Gasteiger partial charge in [-0.15, -0.1) is 0 Å². The number of rotatable bonds is 5. The first kappa shape index (κ1) is 16.4. The molecule has 2 aromatic heterocycles. The van der Waals surface area contributed by atoms with Crippen LogP contribution in [0.5, 0.6) is 0 Å². The van der Waals surface area contributed by atoms with Crippen molar-refractivity contribution in [1.82, 2.24) is 14.9 Å². The fourth-order valence-electron chi connectivity index (χ4n) is 2.50. The van der Waals surface area contributed by atoms with Crippen molar-refractivity contribution < 1.29 is 14.3 Å². The molecule has 0 unspecified atom stereocenters. The fraction of sp³-hybridized carbons (Fsp3) is 0.375. The summed E-state index contributed by atoms with van der Waals surface area (Å²) in [5.41, 5.74) is 1.57. The number of ether oxygens (including phenoxy) is 1. The van der Waals surface area contributed by atoms with E-state index in [-0.39, 0.29) is 6.03 Å². The quantitative estimate of drug-likeness (QED) is 0.778. The topological polar surface area (TPSA) is 75.6 Å². The van der Waals surface area contributed by atoms with Gasteiger partial charge in [0.2, 0.25) is 0 Å². The van der Waals surface area contributed by atoms with E-state index in [9.17, 15) is 9.59 Å². The van der Waals surface area contributed by atoms with Crippen molar-refractivity contribution in [1.29, 1.82) is 0 Å². The largest absolute Gasteiger partial charge is 0.462 e. The van der Waals surface area contributed by atoms with Crippen molar-refractivity contribution in [3.8, 4) is 0 Å². The zero-order valence-corrected chi connectivity index (χ0v) is 14.4.